The third kappa shape index (κ3) is 5.50. The Labute approximate surface area is 324 Å². The fourth-order valence-electron chi connectivity index (χ4n) is 8.57. The molecule has 11 rings (SSSR count). The summed E-state index contributed by atoms with van der Waals surface area (Å²) in [5, 5.41) is 17.9. The number of fused-ring (bicyclic) bond motifs is 6. The summed E-state index contributed by atoms with van der Waals surface area (Å²) in [6.07, 6.45) is 3.26. The van der Waals surface area contributed by atoms with Gasteiger partial charge in [-0.25, -0.2) is 0 Å². The molecular formula is C50H37N6-. The van der Waals surface area contributed by atoms with Crippen LogP contribution >= 0.6 is 0 Å². The minimum Gasteiger partial charge on any atom is -0.624 e. The first-order chi connectivity index (χ1) is 27.8. The highest BCUT2D eigenvalue weighted by atomic mass is 15.4. The summed E-state index contributed by atoms with van der Waals surface area (Å²) in [6, 6.07) is 64.8. The van der Waals surface area contributed by atoms with Gasteiger partial charge in [0.1, 0.15) is 0 Å². The van der Waals surface area contributed by atoms with Crippen LogP contribution in [0.4, 0.5) is 0 Å². The molecule has 4 heterocycles. The highest BCUT2D eigenvalue weighted by Gasteiger charge is 2.24. The molecule has 2 N–H and O–H groups in total. The molecule has 3 aromatic heterocycles. The lowest BCUT2D eigenvalue weighted by Gasteiger charge is -2.50. The second kappa shape index (κ2) is 13.5. The Balaban J connectivity index is 1.04. The zero-order valence-electron chi connectivity index (χ0n) is 30.5. The maximum absolute atomic E-state index is 5.38. The normalized spacial score (nSPS) is 17.2. The summed E-state index contributed by atoms with van der Waals surface area (Å²) >= 11 is 0. The summed E-state index contributed by atoms with van der Waals surface area (Å²) in [5.74, 6) is 0. The van der Waals surface area contributed by atoms with Gasteiger partial charge < -0.3 is 25.1 Å². The van der Waals surface area contributed by atoms with E-state index >= 15 is 0 Å². The number of para-hydroxylation sites is 3. The first-order valence-electron chi connectivity index (χ1n) is 19.2. The largest absolute Gasteiger partial charge is 0.624 e. The second-order valence-corrected chi connectivity index (χ2v) is 14.5. The number of nitrogens with one attached hydrogen (secondary N) is 2. The predicted octanol–water partition coefficient (Wildman–Crippen LogP) is 11.9. The van der Waals surface area contributed by atoms with E-state index in [1.54, 1.807) is 0 Å². The summed E-state index contributed by atoms with van der Waals surface area (Å²) in [6.45, 7) is 0. The summed E-state index contributed by atoms with van der Waals surface area (Å²) < 4.78 is 4.75. The van der Waals surface area contributed by atoms with Crippen LogP contribution in [-0.4, -0.2) is 14.1 Å². The van der Waals surface area contributed by atoms with E-state index in [1.165, 1.54) is 43.7 Å². The van der Waals surface area contributed by atoms with Crippen LogP contribution in [-0.2, 0) is 0 Å². The van der Waals surface area contributed by atoms with Gasteiger partial charge in [0.2, 0.25) is 0 Å². The maximum Gasteiger partial charge on any atom is 0.0814 e. The summed E-state index contributed by atoms with van der Waals surface area (Å²) in [5.41, 5.74) is 12.4. The fraction of sp³-hybridized carbons (Fsp3) is 0.0600. The Bertz CT molecular complexity index is 3010. The Hall–Kier alpha value is -6.83. The monoisotopic (exact) mass is 721 g/mol. The van der Waals surface area contributed by atoms with E-state index in [9.17, 15) is 0 Å². The van der Waals surface area contributed by atoms with Crippen molar-refractivity contribution in [2.45, 2.75) is 18.5 Å². The Kier molecular flexibility index (Phi) is 7.84. The van der Waals surface area contributed by atoms with Gasteiger partial charge in [0.15, 0.2) is 0 Å². The minimum atomic E-state index is -0.312. The summed E-state index contributed by atoms with van der Waals surface area (Å²) in [4.78, 5) is 4.89. The zero-order valence-corrected chi connectivity index (χ0v) is 30.5. The van der Waals surface area contributed by atoms with E-state index in [1.807, 2.05) is 12.4 Å². The van der Waals surface area contributed by atoms with Gasteiger partial charge in [-0.1, -0.05) is 157 Å². The number of rotatable bonds is 6. The molecule has 268 valence electrons. The van der Waals surface area contributed by atoms with Crippen LogP contribution in [0.15, 0.2) is 194 Å². The first-order valence-corrected chi connectivity index (χ1v) is 19.2. The molecule has 1 saturated heterocycles. The highest BCUT2D eigenvalue weighted by molar-refractivity contribution is 6.19. The van der Waals surface area contributed by atoms with E-state index in [-0.39, 0.29) is 18.5 Å². The summed E-state index contributed by atoms with van der Waals surface area (Å²) in [7, 11) is 0. The Morgan fingerprint density at radius 2 is 0.929 bits per heavy atom. The average molecular weight is 722 g/mol. The lowest BCUT2D eigenvalue weighted by molar-refractivity contribution is 0.316. The van der Waals surface area contributed by atoms with Gasteiger partial charge in [0.25, 0.3) is 0 Å². The quantitative estimate of drug-likeness (QED) is 0.180. The smallest absolute Gasteiger partial charge is 0.0814 e. The molecular weight excluding hydrogens is 685 g/mol. The number of pyridine rings is 1. The molecule has 0 spiro atoms. The van der Waals surface area contributed by atoms with Crippen molar-refractivity contribution in [3.05, 3.63) is 216 Å². The molecule has 1 aliphatic rings. The van der Waals surface area contributed by atoms with Crippen LogP contribution in [0.3, 0.4) is 0 Å². The molecule has 0 saturated carbocycles. The minimum absolute atomic E-state index is 0.123. The number of benzene rings is 7. The molecule has 10 aromatic rings. The predicted molar refractivity (Wildman–Crippen MR) is 229 cm³/mol. The lowest BCUT2D eigenvalue weighted by atomic mass is 10.0. The zero-order chi connectivity index (χ0) is 37.0. The molecule has 1 aliphatic heterocycles. The molecule has 0 amide bonds. The Morgan fingerprint density at radius 3 is 1.59 bits per heavy atom. The Morgan fingerprint density at radius 1 is 0.393 bits per heavy atom. The van der Waals surface area contributed by atoms with Crippen LogP contribution in [0.5, 0.6) is 0 Å². The van der Waals surface area contributed by atoms with Crippen LogP contribution in [0.25, 0.3) is 71.4 Å². The molecule has 56 heavy (non-hydrogen) atoms. The van der Waals surface area contributed by atoms with Gasteiger partial charge in [0.05, 0.1) is 40.1 Å². The van der Waals surface area contributed by atoms with E-state index in [0.717, 1.165) is 39.1 Å². The molecule has 6 heteroatoms. The molecule has 3 atom stereocenters. The van der Waals surface area contributed by atoms with Crippen molar-refractivity contribution in [3.63, 3.8) is 0 Å². The van der Waals surface area contributed by atoms with Crippen LogP contribution < -0.4 is 10.6 Å². The van der Waals surface area contributed by atoms with Crippen molar-refractivity contribution in [3.8, 4) is 22.5 Å². The van der Waals surface area contributed by atoms with E-state index < -0.39 is 0 Å². The van der Waals surface area contributed by atoms with Crippen molar-refractivity contribution in [2.75, 3.05) is 0 Å². The first kappa shape index (κ1) is 32.6. The van der Waals surface area contributed by atoms with Crippen molar-refractivity contribution in [1.29, 1.82) is 0 Å². The number of hydrogen-bond donors (Lipinski definition) is 2. The highest BCUT2D eigenvalue weighted by Crippen LogP contribution is 2.41. The molecule has 0 bridgehead atoms. The number of aromatic nitrogens is 3. The van der Waals surface area contributed by atoms with Gasteiger partial charge in [-0.15, -0.1) is 0 Å². The van der Waals surface area contributed by atoms with Gasteiger partial charge in [-0.2, -0.15) is 0 Å². The third-order valence-electron chi connectivity index (χ3n) is 11.2. The molecule has 6 nitrogen and oxygen atoms in total. The van der Waals surface area contributed by atoms with Crippen LogP contribution in [0.1, 0.15) is 35.2 Å². The maximum atomic E-state index is 5.38. The fourth-order valence-corrected chi connectivity index (χ4v) is 8.57. The van der Waals surface area contributed by atoms with Gasteiger partial charge in [0, 0.05) is 33.4 Å². The van der Waals surface area contributed by atoms with Crippen molar-refractivity contribution >= 4 is 43.6 Å². The number of hydrogen-bond acceptors (Lipinski definition) is 3. The average Bonchev–Trinajstić information content (AvgIpc) is 3.78. The molecule has 1 fully saturated rings. The van der Waals surface area contributed by atoms with E-state index in [4.69, 9.17) is 10.3 Å². The van der Waals surface area contributed by atoms with Crippen LogP contribution in [0.2, 0.25) is 0 Å². The van der Waals surface area contributed by atoms with Crippen LogP contribution in [0, 0.1) is 0 Å². The topological polar surface area (TPSA) is 60.9 Å². The molecule has 3 unspecified atom stereocenters. The van der Waals surface area contributed by atoms with E-state index in [0.29, 0.717) is 0 Å². The van der Waals surface area contributed by atoms with Crippen molar-refractivity contribution in [1.82, 2.24) is 24.8 Å². The molecule has 0 aliphatic carbocycles. The van der Waals surface area contributed by atoms with Crippen molar-refractivity contribution < 1.29 is 0 Å². The van der Waals surface area contributed by atoms with Gasteiger partial charge in [-0.3, -0.25) is 4.98 Å². The standard InChI is InChI=1S/C50H37N6/c1-4-14-33(15-5-1)34-24-26-36(27-25-34)49-52-48(35-16-6-2-7-17-35)53-50(54-49)37-28-39(32-51-31-37)56-45-23-13-11-21-41(45)43-29-42-40-20-10-12-22-44(40)55(46(42)30-47(43)56)38-18-8-3-9-19-38/h1-32,48-50,52-53H/q-1. The van der Waals surface area contributed by atoms with E-state index in [2.05, 4.69) is 202 Å². The van der Waals surface area contributed by atoms with Gasteiger partial charge >= 0.3 is 0 Å². The van der Waals surface area contributed by atoms with Gasteiger partial charge in [-0.05, 0) is 64.7 Å². The lowest BCUT2D eigenvalue weighted by Crippen LogP contribution is -2.44. The third-order valence-corrected chi connectivity index (χ3v) is 11.2. The number of nitrogens with zero attached hydrogens (tertiary/aromatic N) is 4. The molecule has 7 aromatic carbocycles. The SMILES string of the molecule is c1ccc(-c2ccc(C3[N-]C(c4cncc(-n5c6ccccc6c6cc7c8ccccc8n(-c8ccccc8)c7cc65)c4)NC(c4ccccc4)N3)cc2)cc1. The second-order valence-electron chi connectivity index (χ2n) is 14.5. The van der Waals surface area contributed by atoms with Crippen molar-refractivity contribution in [2.24, 2.45) is 0 Å². The molecule has 0 radical (unpaired) electrons.